The van der Waals surface area contributed by atoms with Crippen molar-refractivity contribution in [3.05, 3.63) is 107 Å². The Kier molecular flexibility index (Phi) is 8.29. The van der Waals surface area contributed by atoms with Crippen LogP contribution >= 0.6 is 0 Å². The molecule has 3 aromatic carbocycles. The van der Waals surface area contributed by atoms with Gasteiger partial charge in [0, 0.05) is 44.1 Å². The molecule has 3 aromatic rings. The van der Waals surface area contributed by atoms with Gasteiger partial charge in [0.05, 0.1) is 0 Å². The predicted molar refractivity (Wildman–Crippen MR) is 148 cm³/mol. The van der Waals surface area contributed by atoms with E-state index in [2.05, 4.69) is 28.9 Å². The number of amides is 2. The highest BCUT2D eigenvalue weighted by atomic mass is 16.5. The average molecular weight is 498 g/mol. The maximum atomic E-state index is 12.4. The number of nitrogens with one attached hydrogen (secondary N) is 1. The minimum Gasteiger partial charge on any atom is -0.444 e. The number of hydrogen-bond acceptors (Lipinski definition) is 4. The number of ether oxygens (including phenoxy) is 1. The van der Waals surface area contributed by atoms with Crippen LogP contribution in [0.15, 0.2) is 79.4 Å². The molecule has 4 rings (SSSR count). The summed E-state index contributed by atoms with van der Waals surface area (Å²) in [6, 6.07) is 23.6. The first-order valence-electron chi connectivity index (χ1n) is 12.7. The Morgan fingerprint density at radius 2 is 1.62 bits per heavy atom. The van der Waals surface area contributed by atoms with Gasteiger partial charge in [0.2, 0.25) is 0 Å². The van der Waals surface area contributed by atoms with Gasteiger partial charge < -0.3 is 14.5 Å². The molecule has 0 aromatic heterocycles. The van der Waals surface area contributed by atoms with Crippen molar-refractivity contribution in [3.8, 4) is 0 Å². The number of carbonyl (C=O) groups is 2. The van der Waals surface area contributed by atoms with Gasteiger partial charge in [0.25, 0.3) is 5.91 Å². The van der Waals surface area contributed by atoms with Gasteiger partial charge in [0.1, 0.15) is 6.61 Å². The lowest BCUT2D eigenvalue weighted by Gasteiger charge is -2.35. The monoisotopic (exact) mass is 497 g/mol. The summed E-state index contributed by atoms with van der Waals surface area (Å²) in [5.41, 5.74) is 6.55. The first kappa shape index (κ1) is 26.0. The second kappa shape index (κ2) is 11.8. The number of carbonyl (C=O) groups excluding carboxylic acids is 2. The molecule has 192 valence electrons. The Bertz CT molecular complexity index is 1240. The summed E-state index contributed by atoms with van der Waals surface area (Å²) in [6.07, 6.45) is 1.56. The molecule has 0 saturated carbocycles. The van der Waals surface area contributed by atoms with Crippen molar-refractivity contribution in [3.63, 3.8) is 0 Å². The lowest BCUT2D eigenvalue weighted by molar-refractivity contribution is 0.0827. The van der Waals surface area contributed by atoms with Gasteiger partial charge in [-0.3, -0.25) is 10.1 Å². The third-order valence-corrected chi connectivity index (χ3v) is 6.93. The third kappa shape index (κ3) is 6.58. The second-order valence-corrected chi connectivity index (χ2v) is 9.75. The van der Waals surface area contributed by atoms with Crippen LogP contribution in [0.4, 0.5) is 10.5 Å². The zero-order valence-electron chi connectivity index (χ0n) is 21.9. The van der Waals surface area contributed by atoms with E-state index in [9.17, 15) is 9.59 Å². The van der Waals surface area contributed by atoms with Crippen LogP contribution in [-0.4, -0.2) is 49.0 Å². The van der Waals surface area contributed by atoms with Crippen molar-refractivity contribution < 1.29 is 14.3 Å². The Morgan fingerprint density at radius 1 is 0.973 bits per heavy atom. The highest BCUT2D eigenvalue weighted by Crippen LogP contribution is 2.32. The van der Waals surface area contributed by atoms with Crippen LogP contribution in [0.5, 0.6) is 0 Å². The van der Waals surface area contributed by atoms with Crippen molar-refractivity contribution in [1.29, 1.82) is 0 Å². The molecule has 0 spiro atoms. The minimum absolute atomic E-state index is 0.0223. The molecular weight excluding hydrogens is 462 g/mol. The number of piperidine rings is 1. The van der Waals surface area contributed by atoms with Crippen LogP contribution in [0.2, 0.25) is 0 Å². The van der Waals surface area contributed by atoms with E-state index in [1.54, 1.807) is 19.0 Å². The zero-order chi connectivity index (χ0) is 26.4. The Labute approximate surface area is 219 Å². The Morgan fingerprint density at radius 3 is 2.27 bits per heavy atom. The normalized spacial score (nSPS) is 13.6. The number of likely N-dealkylation sites (tertiary alicyclic amines) is 1. The molecule has 0 bridgehead atoms. The van der Waals surface area contributed by atoms with E-state index in [0.717, 1.165) is 54.0 Å². The predicted octanol–water partition coefficient (Wildman–Crippen LogP) is 6.30. The highest BCUT2D eigenvalue weighted by Gasteiger charge is 2.23. The fourth-order valence-electron chi connectivity index (χ4n) is 4.63. The molecule has 2 amide bonds. The SMILES string of the molecule is C=C(c1ccc(C)c(NC(=O)OCc2ccccc2)c1)N1CCC(c2ccc(C(=O)N(C)C)cc2)CC1. The van der Waals surface area contributed by atoms with Gasteiger partial charge in [-0.1, -0.05) is 61.2 Å². The molecule has 0 unspecified atom stereocenters. The van der Waals surface area contributed by atoms with E-state index in [1.807, 2.05) is 67.6 Å². The maximum Gasteiger partial charge on any atom is 0.411 e. The smallest absolute Gasteiger partial charge is 0.411 e. The van der Waals surface area contributed by atoms with Crippen LogP contribution in [0.1, 0.15) is 51.4 Å². The highest BCUT2D eigenvalue weighted by molar-refractivity contribution is 5.93. The number of aryl methyl sites for hydroxylation is 1. The molecule has 1 aliphatic heterocycles. The van der Waals surface area contributed by atoms with Gasteiger partial charge in [-0.15, -0.1) is 0 Å². The number of benzene rings is 3. The van der Waals surface area contributed by atoms with E-state index >= 15 is 0 Å². The average Bonchev–Trinajstić information content (AvgIpc) is 2.93. The number of anilines is 1. The lowest BCUT2D eigenvalue weighted by Crippen LogP contribution is -2.31. The van der Waals surface area contributed by atoms with Crippen molar-refractivity contribution >= 4 is 23.4 Å². The van der Waals surface area contributed by atoms with Gasteiger partial charge in [-0.2, -0.15) is 0 Å². The Hall–Kier alpha value is -4.06. The molecule has 1 fully saturated rings. The molecule has 0 aliphatic carbocycles. The third-order valence-electron chi connectivity index (χ3n) is 6.93. The van der Waals surface area contributed by atoms with Gasteiger partial charge >= 0.3 is 6.09 Å². The summed E-state index contributed by atoms with van der Waals surface area (Å²) in [5, 5.41) is 2.88. The van der Waals surface area contributed by atoms with Crippen molar-refractivity contribution in [2.24, 2.45) is 0 Å². The van der Waals surface area contributed by atoms with Crippen molar-refractivity contribution in [2.45, 2.75) is 32.3 Å². The van der Waals surface area contributed by atoms with Crippen LogP contribution in [-0.2, 0) is 11.3 Å². The molecule has 6 heteroatoms. The van der Waals surface area contributed by atoms with E-state index < -0.39 is 6.09 Å². The largest absolute Gasteiger partial charge is 0.444 e. The number of hydrogen-bond donors (Lipinski definition) is 1. The molecular formula is C31H35N3O3. The molecule has 1 saturated heterocycles. The number of nitrogens with zero attached hydrogens (tertiary/aromatic N) is 2. The zero-order valence-corrected chi connectivity index (χ0v) is 21.9. The Balaban J connectivity index is 1.33. The maximum absolute atomic E-state index is 12.4. The first-order chi connectivity index (χ1) is 17.8. The lowest BCUT2D eigenvalue weighted by atomic mass is 9.88. The van der Waals surface area contributed by atoms with Crippen LogP contribution in [0.25, 0.3) is 5.70 Å². The summed E-state index contributed by atoms with van der Waals surface area (Å²) >= 11 is 0. The summed E-state index contributed by atoms with van der Waals surface area (Å²) in [4.78, 5) is 28.5. The summed E-state index contributed by atoms with van der Waals surface area (Å²) in [7, 11) is 3.53. The molecule has 0 atom stereocenters. The van der Waals surface area contributed by atoms with Crippen LogP contribution in [0, 0.1) is 6.92 Å². The molecule has 1 heterocycles. The van der Waals surface area contributed by atoms with Gasteiger partial charge in [0.15, 0.2) is 0 Å². The van der Waals surface area contributed by atoms with Crippen molar-refractivity contribution in [2.75, 3.05) is 32.5 Å². The quantitative estimate of drug-likeness (QED) is 0.416. The van der Waals surface area contributed by atoms with Crippen molar-refractivity contribution in [1.82, 2.24) is 9.80 Å². The van der Waals surface area contributed by atoms with Crippen LogP contribution in [0.3, 0.4) is 0 Å². The first-order valence-corrected chi connectivity index (χ1v) is 12.7. The molecule has 1 N–H and O–H groups in total. The fraction of sp³-hybridized carbons (Fsp3) is 0.290. The van der Waals surface area contributed by atoms with Crippen LogP contribution < -0.4 is 5.32 Å². The molecule has 0 radical (unpaired) electrons. The van der Waals surface area contributed by atoms with E-state index in [4.69, 9.17) is 4.74 Å². The topological polar surface area (TPSA) is 61.9 Å². The van der Waals surface area contributed by atoms with E-state index in [1.165, 1.54) is 5.56 Å². The summed E-state index contributed by atoms with van der Waals surface area (Å²) in [6.45, 7) is 8.35. The van der Waals surface area contributed by atoms with E-state index in [-0.39, 0.29) is 12.5 Å². The molecule has 1 aliphatic rings. The number of rotatable bonds is 7. The second-order valence-electron chi connectivity index (χ2n) is 9.75. The standard InChI is InChI=1S/C31H35N3O3/c1-22-10-11-28(20-29(22)32-31(36)37-21-24-8-6-5-7-9-24)23(2)34-18-16-26(17-19-34)25-12-14-27(15-13-25)30(35)33(3)4/h5-15,20,26H,2,16-19,21H2,1,3-4H3,(H,32,36). The fourth-order valence-corrected chi connectivity index (χ4v) is 4.63. The molecule has 6 nitrogen and oxygen atoms in total. The molecule has 37 heavy (non-hydrogen) atoms. The van der Waals surface area contributed by atoms with Gasteiger partial charge in [-0.05, 0) is 66.1 Å². The van der Waals surface area contributed by atoms with E-state index in [0.29, 0.717) is 11.5 Å². The summed E-state index contributed by atoms with van der Waals surface area (Å²) in [5.74, 6) is 0.483. The van der Waals surface area contributed by atoms with Gasteiger partial charge in [-0.25, -0.2) is 4.79 Å². The minimum atomic E-state index is -0.478. The summed E-state index contributed by atoms with van der Waals surface area (Å²) < 4.78 is 5.39.